The highest BCUT2D eigenvalue weighted by Crippen LogP contribution is 2.27. The van der Waals surface area contributed by atoms with Gasteiger partial charge in [-0.1, -0.05) is 12.1 Å². The van der Waals surface area contributed by atoms with Crippen molar-refractivity contribution >= 4 is 21.7 Å². The maximum atomic E-state index is 12.0. The molecule has 1 aliphatic rings. The Bertz CT molecular complexity index is 672. The summed E-state index contributed by atoms with van der Waals surface area (Å²) in [6.07, 6.45) is 3.12. The van der Waals surface area contributed by atoms with Crippen molar-refractivity contribution in [1.29, 1.82) is 0 Å². The first kappa shape index (κ1) is 19.5. The number of nitrogens with one attached hydrogen (secondary N) is 3. The van der Waals surface area contributed by atoms with Crippen molar-refractivity contribution in [3.8, 4) is 5.75 Å². The van der Waals surface area contributed by atoms with Crippen molar-refractivity contribution in [2.45, 2.75) is 18.9 Å². The summed E-state index contributed by atoms with van der Waals surface area (Å²) in [6.45, 7) is 2.32. The molecule has 25 heavy (non-hydrogen) atoms. The molecule has 9 heteroatoms. The lowest BCUT2D eigenvalue weighted by Gasteiger charge is -2.29. The number of ether oxygens (including phenoxy) is 1. The predicted molar refractivity (Wildman–Crippen MR) is 97.5 cm³/mol. The first-order valence-electron chi connectivity index (χ1n) is 8.27. The predicted octanol–water partition coefficient (Wildman–Crippen LogP) is 0.830. The molecule has 1 aromatic carbocycles. The topological polar surface area (TPSA) is 99.8 Å². The molecule has 8 nitrogen and oxygen atoms in total. The summed E-state index contributed by atoms with van der Waals surface area (Å²) >= 11 is 0. The number of rotatable bonds is 7. The Hall–Kier alpha value is -1.84. The third-order valence-electron chi connectivity index (χ3n) is 3.87. The Kier molecular flexibility index (Phi) is 7.03. The van der Waals surface area contributed by atoms with E-state index in [1.807, 2.05) is 18.2 Å². The molecule has 0 unspecified atom stereocenters. The van der Waals surface area contributed by atoms with Crippen molar-refractivity contribution in [2.75, 3.05) is 44.8 Å². The van der Waals surface area contributed by atoms with Crippen molar-refractivity contribution in [3.63, 3.8) is 0 Å². The second-order valence-electron chi connectivity index (χ2n) is 6.16. The number of carbonyl (C=O) groups is 1. The number of urea groups is 1. The van der Waals surface area contributed by atoms with E-state index in [-0.39, 0.29) is 19.2 Å². The Morgan fingerprint density at radius 2 is 1.92 bits per heavy atom. The van der Waals surface area contributed by atoms with Crippen molar-refractivity contribution < 1.29 is 17.9 Å². The SMILES string of the molecule is CN1CCC(Oc2ccccc2NC(=O)NCCNS(C)(=O)=O)CC1. The summed E-state index contributed by atoms with van der Waals surface area (Å²) in [5.41, 5.74) is 0.593. The summed E-state index contributed by atoms with van der Waals surface area (Å²) in [6, 6.07) is 6.89. The maximum absolute atomic E-state index is 12.0. The number of carbonyl (C=O) groups excluding carboxylic acids is 1. The van der Waals surface area contributed by atoms with Gasteiger partial charge in [-0.05, 0) is 32.0 Å². The molecule has 3 N–H and O–H groups in total. The average Bonchev–Trinajstić information content (AvgIpc) is 2.55. The highest BCUT2D eigenvalue weighted by atomic mass is 32.2. The lowest BCUT2D eigenvalue weighted by molar-refractivity contribution is 0.115. The first-order valence-corrected chi connectivity index (χ1v) is 10.2. The molecule has 140 valence electrons. The zero-order valence-electron chi connectivity index (χ0n) is 14.6. The summed E-state index contributed by atoms with van der Waals surface area (Å²) in [5, 5.41) is 5.35. The van der Waals surface area contributed by atoms with E-state index in [2.05, 4.69) is 27.3 Å². The van der Waals surface area contributed by atoms with E-state index in [1.54, 1.807) is 6.07 Å². The minimum absolute atomic E-state index is 0.139. The first-order chi connectivity index (χ1) is 11.8. The van der Waals surface area contributed by atoms with Crippen LogP contribution in [0.5, 0.6) is 5.75 Å². The number of piperidine rings is 1. The molecule has 1 aromatic rings. The van der Waals surface area contributed by atoms with Crippen LogP contribution in [0.4, 0.5) is 10.5 Å². The molecule has 0 atom stereocenters. The molecule has 2 rings (SSSR count). The van der Waals surface area contributed by atoms with Gasteiger partial charge in [0.15, 0.2) is 0 Å². The van der Waals surface area contributed by atoms with Gasteiger partial charge >= 0.3 is 6.03 Å². The van der Waals surface area contributed by atoms with E-state index in [0.717, 1.165) is 32.2 Å². The third kappa shape index (κ3) is 7.29. The molecular weight excluding hydrogens is 344 g/mol. The highest BCUT2D eigenvalue weighted by Gasteiger charge is 2.19. The van der Waals surface area contributed by atoms with Crippen LogP contribution in [-0.2, 0) is 10.0 Å². The van der Waals surface area contributed by atoms with Gasteiger partial charge < -0.3 is 20.3 Å². The van der Waals surface area contributed by atoms with Crippen LogP contribution in [0.15, 0.2) is 24.3 Å². The number of para-hydroxylation sites is 2. The quantitative estimate of drug-likeness (QED) is 0.618. The Morgan fingerprint density at radius 1 is 1.24 bits per heavy atom. The van der Waals surface area contributed by atoms with Gasteiger partial charge in [-0.3, -0.25) is 0 Å². The van der Waals surface area contributed by atoms with Crippen molar-refractivity contribution in [3.05, 3.63) is 24.3 Å². The standard InChI is InChI=1S/C16H26N4O4S/c1-20-11-7-13(8-12-20)24-15-6-4-3-5-14(15)19-16(21)17-9-10-18-25(2,22)23/h3-6,13,18H,7-12H2,1-2H3,(H2,17,19,21). The van der Waals surface area contributed by atoms with Gasteiger partial charge in [0.1, 0.15) is 11.9 Å². The molecule has 0 bridgehead atoms. The van der Waals surface area contributed by atoms with Crippen LogP contribution in [0.1, 0.15) is 12.8 Å². The number of likely N-dealkylation sites (tertiary alicyclic amines) is 1. The number of hydrogen-bond donors (Lipinski definition) is 3. The number of nitrogens with zero attached hydrogens (tertiary/aromatic N) is 1. The van der Waals surface area contributed by atoms with Gasteiger partial charge in [-0.2, -0.15) is 0 Å². The summed E-state index contributed by atoms with van der Waals surface area (Å²) in [5.74, 6) is 0.640. The van der Waals surface area contributed by atoms with Crippen LogP contribution in [-0.4, -0.2) is 64.9 Å². The summed E-state index contributed by atoms with van der Waals surface area (Å²) < 4.78 is 30.3. The second-order valence-corrected chi connectivity index (χ2v) is 8.00. The largest absolute Gasteiger partial charge is 0.488 e. The lowest BCUT2D eigenvalue weighted by Crippen LogP contribution is -2.37. The van der Waals surface area contributed by atoms with E-state index < -0.39 is 16.1 Å². The monoisotopic (exact) mass is 370 g/mol. The van der Waals surface area contributed by atoms with Crippen LogP contribution in [0, 0.1) is 0 Å². The zero-order valence-corrected chi connectivity index (χ0v) is 15.4. The van der Waals surface area contributed by atoms with Gasteiger partial charge in [0.2, 0.25) is 10.0 Å². The van der Waals surface area contributed by atoms with Crippen LogP contribution in [0.3, 0.4) is 0 Å². The number of benzene rings is 1. The Labute approximate surface area is 149 Å². The van der Waals surface area contributed by atoms with E-state index in [4.69, 9.17) is 4.74 Å². The molecule has 0 aliphatic carbocycles. The van der Waals surface area contributed by atoms with Crippen LogP contribution >= 0.6 is 0 Å². The lowest BCUT2D eigenvalue weighted by atomic mass is 10.1. The molecule has 0 aromatic heterocycles. The molecule has 1 aliphatic heterocycles. The molecule has 1 heterocycles. The number of sulfonamides is 1. The molecule has 1 fully saturated rings. The minimum Gasteiger partial charge on any atom is -0.488 e. The van der Waals surface area contributed by atoms with E-state index >= 15 is 0 Å². The molecule has 0 radical (unpaired) electrons. The zero-order chi connectivity index (χ0) is 18.3. The number of amides is 2. The molecular formula is C16H26N4O4S. The Balaban J connectivity index is 1.84. The molecule has 0 saturated carbocycles. The van der Waals surface area contributed by atoms with E-state index in [9.17, 15) is 13.2 Å². The highest BCUT2D eigenvalue weighted by molar-refractivity contribution is 7.88. The molecule has 0 spiro atoms. The van der Waals surface area contributed by atoms with Crippen LogP contribution in [0.2, 0.25) is 0 Å². The maximum Gasteiger partial charge on any atom is 0.319 e. The summed E-state index contributed by atoms with van der Waals surface area (Å²) in [7, 11) is -1.16. The van der Waals surface area contributed by atoms with E-state index in [0.29, 0.717) is 11.4 Å². The van der Waals surface area contributed by atoms with E-state index in [1.165, 1.54) is 0 Å². The average molecular weight is 370 g/mol. The fourth-order valence-electron chi connectivity index (χ4n) is 2.53. The fraction of sp³-hybridized carbons (Fsp3) is 0.562. The normalized spacial score (nSPS) is 16.4. The van der Waals surface area contributed by atoms with Crippen LogP contribution < -0.4 is 20.1 Å². The van der Waals surface area contributed by atoms with Crippen LogP contribution in [0.25, 0.3) is 0 Å². The molecule has 1 saturated heterocycles. The molecule has 2 amide bonds. The Morgan fingerprint density at radius 3 is 2.60 bits per heavy atom. The number of anilines is 1. The smallest absolute Gasteiger partial charge is 0.319 e. The third-order valence-corrected chi connectivity index (χ3v) is 4.60. The second kappa shape index (κ2) is 9.02. The van der Waals surface area contributed by atoms with Gasteiger partial charge in [-0.25, -0.2) is 17.9 Å². The van der Waals surface area contributed by atoms with Gasteiger partial charge in [-0.15, -0.1) is 0 Å². The van der Waals surface area contributed by atoms with Gasteiger partial charge in [0, 0.05) is 26.2 Å². The minimum atomic E-state index is -3.25. The van der Waals surface area contributed by atoms with Crippen molar-refractivity contribution in [1.82, 2.24) is 14.9 Å². The summed E-state index contributed by atoms with van der Waals surface area (Å²) in [4.78, 5) is 14.2. The number of hydrogen-bond acceptors (Lipinski definition) is 5. The fourth-order valence-corrected chi connectivity index (χ4v) is 3.01. The van der Waals surface area contributed by atoms with Crippen molar-refractivity contribution in [2.24, 2.45) is 0 Å². The van der Waals surface area contributed by atoms with Gasteiger partial charge in [0.05, 0.1) is 11.9 Å². The van der Waals surface area contributed by atoms with Gasteiger partial charge in [0.25, 0.3) is 0 Å².